The van der Waals surface area contributed by atoms with Gasteiger partial charge in [0.25, 0.3) is 0 Å². The van der Waals surface area contributed by atoms with Crippen molar-refractivity contribution in [1.82, 2.24) is 5.32 Å². The Labute approximate surface area is 142 Å². The molecule has 1 saturated heterocycles. The van der Waals surface area contributed by atoms with E-state index in [1.165, 1.54) is 0 Å². The highest BCUT2D eigenvalue weighted by molar-refractivity contribution is 5.83. The summed E-state index contributed by atoms with van der Waals surface area (Å²) in [6, 6.07) is 15.8. The molecule has 1 aliphatic rings. The lowest BCUT2D eigenvalue weighted by atomic mass is 9.82. The van der Waals surface area contributed by atoms with Crippen LogP contribution in [0.25, 0.3) is 0 Å². The van der Waals surface area contributed by atoms with Crippen LogP contribution in [0, 0.1) is 5.92 Å². The van der Waals surface area contributed by atoms with Crippen LogP contribution in [0.5, 0.6) is 11.5 Å². The topological polar surface area (TPSA) is 47.6 Å². The molecule has 0 saturated carbocycles. The number of ether oxygens (including phenoxy) is 2. The van der Waals surface area contributed by atoms with Gasteiger partial charge >= 0.3 is 0 Å². The smallest absolute Gasteiger partial charge is 0.139 e. The number of benzene rings is 2. The fraction of sp³-hybridized carbons (Fsp3) is 0.350. The summed E-state index contributed by atoms with van der Waals surface area (Å²) >= 11 is 0. The molecule has 2 aromatic carbocycles. The van der Waals surface area contributed by atoms with Crippen molar-refractivity contribution in [3.05, 3.63) is 59.7 Å². The standard InChI is InChI=1S/C20H23NO3/c1-13-19(22)12-18(14-4-8-16(23-2)9-5-14)21-20(13)15-6-10-17(24-3)11-7-15/h4-11,13,18,20-21H,12H2,1-3H3/t13-,18-,20-/m0/s1. The third-order valence-electron chi connectivity index (χ3n) is 4.79. The van der Waals surface area contributed by atoms with Crippen molar-refractivity contribution in [3.63, 3.8) is 0 Å². The molecule has 126 valence electrons. The molecule has 0 amide bonds. The maximum atomic E-state index is 12.5. The van der Waals surface area contributed by atoms with Crippen molar-refractivity contribution in [2.45, 2.75) is 25.4 Å². The molecule has 24 heavy (non-hydrogen) atoms. The SMILES string of the molecule is COc1ccc([C@@H]2CC(=O)[C@H](C)[C@@H](c3ccc(OC)cc3)N2)cc1. The second kappa shape index (κ2) is 7.05. The van der Waals surface area contributed by atoms with E-state index in [0.717, 1.165) is 22.6 Å². The minimum absolute atomic E-state index is 0.00394. The Bertz CT molecular complexity index is 694. The summed E-state index contributed by atoms with van der Waals surface area (Å²) in [6.07, 6.45) is 0.514. The number of hydrogen-bond acceptors (Lipinski definition) is 4. The molecule has 0 spiro atoms. The van der Waals surface area contributed by atoms with Crippen molar-refractivity contribution in [1.29, 1.82) is 0 Å². The monoisotopic (exact) mass is 325 g/mol. The third kappa shape index (κ3) is 3.29. The van der Waals surface area contributed by atoms with Crippen molar-refractivity contribution in [2.75, 3.05) is 14.2 Å². The Morgan fingerprint density at radius 1 is 0.875 bits per heavy atom. The van der Waals surface area contributed by atoms with Crippen LogP contribution in [0.2, 0.25) is 0 Å². The second-order valence-electron chi connectivity index (χ2n) is 6.20. The van der Waals surface area contributed by atoms with Gasteiger partial charge < -0.3 is 14.8 Å². The largest absolute Gasteiger partial charge is 0.497 e. The van der Waals surface area contributed by atoms with E-state index in [1.807, 2.05) is 55.5 Å². The summed E-state index contributed by atoms with van der Waals surface area (Å²) in [6.45, 7) is 1.99. The zero-order valence-electron chi connectivity index (χ0n) is 14.3. The zero-order valence-corrected chi connectivity index (χ0v) is 14.3. The predicted octanol–water partition coefficient (Wildman–Crippen LogP) is 3.68. The predicted molar refractivity (Wildman–Crippen MR) is 93.4 cm³/mol. The number of nitrogens with one attached hydrogen (secondary N) is 1. The molecule has 1 N–H and O–H groups in total. The maximum Gasteiger partial charge on any atom is 0.139 e. The molecule has 2 aromatic rings. The first kappa shape index (κ1) is 16.5. The van der Waals surface area contributed by atoms with Crippen LogP contribution in [0.1, 0.15) is 36.6 Å². The molecule has 1 fully saturated rings. The van der Waals surface area contributed by atoms with Gasteiger partial charge in [0.05, 0.1) is 14.2 Å². The minimum atomic E-state index is -0.0482. The zero-order chi connectivity index (χ0) is 17.1. The van der Waals surface area contributed by atoms with E-state index in [-0.39, 0.29) is 23.8 Å². The first-order chi connectivity index (χ1) is 11.6. The highest BCUT2D eigenvalue weighted by Crippen LogP contribution is 2.35. The Hall–Kier alpha value is -2.33. The van der Waals surface area contributed by atoms with Gasteiger partial charge in [-0.25, -0.2) is 0 Å². The third-order valence-corrected chi connectivity index (χ3v) is 4.79. The summed E-state index contributed by atoms with van der Waals surface area (Å²) in [5.41, 5.74) is 2.21. The molecular formula is C20H23NO3. The van der Waals surface area contributed by atoms with Gasteiger partial charge in [0.2, 0.25) is 0 Å². The maximum absolute atomic E-state index is 12.5. The molecule has 3 atom stereocenters. The van der Waals surface area contributed by atoms with Gasteiger partial charge in [-0.15, -0.1) is 0 Å². The fourth-order valence-electron chi connectivity index (χ4n) is 3.24. The fourth-order valence-corrected chi connectivity index (χ4v) is 3.24. The van der Waals surface area contributed by atoms with E-state index in [2.05, 4.69) is 5.32 Å². The van der Waals surface area contributed by atoms with Crippen LogP contribution in [0.3, 0.4) is 0 Å². The molecular weight excluding hydrogens is 302 g/mol. The summed E-state index contributed by atoms with van der Waals surface area (Å²) in [7, 11) is 3.30. The van der Waals surface area contributed by atoms with Crippen LogP contribution in [0.15, 0.2) is 48.5 Å². The van der Waals surface area contributed by atoms with Crippen LogP contribution < -0.4 is 14.8 Å². The normalized spacial score (nSPS) is 23.8. The van der Waals surface area contributed by atoms with E-state index in [9.17, 15) is 4.79 Å². The van der Waals surface area contributed by atoms with Crippen molar-refractivity contribution >= 4 is 5.78 Å². The second-order valence-corrected chi connectivity index (χ2v) is 6.20. The van der Waals surface area contributed by atoms with Crippen molar-refractivity contribution in [3.8, 4) is 11.5 Å². The molecule has 0 unspecified atom stereocenters. The Balaban J connectivity index is 1.84. The van der Waals surface area contributed by atoms with Gasteiger partial charge in [-0.1, -0.05) is 31.2 Å². The Morgan fingerprint density at radius 2 is 1.38 bits per heavy atom. The minimum Gasteiger partial charge on any atom is -0.497 e. The van der Waals surface area contributed by atoms with Gasteiger partial charge in [0.15, 0.2) is 0 Å². The lowest BCUT2D eigenvalue weighted by molar-refractivity contribution is -0.126. The number of carbonyl (C=O) groups excluding carboxylic acids is 1. The highest BCUT2D eigenvalue weighted by Gasteiger charge is 2.34. The highest BCUT2D eigenvalue weighted by atomic mass is 16.5. The summed E-state index contributed by atoms with van der Waals surface area (Å²) < 4.78 is 10.4. The number of rotatable bonds is 4. The lowest BCUT2D eigenvalue weighted by Crippen LogP contribution is -2.41. The van der Waals surface area contributed by atoms with E-state index in [1.54, 1.807) is 14.2 Å². The van der Waals surface area contributed by atoms with Gasteiger partial charge in [-0.05, 0) is 35.4 Å². The van der Waals surface area contributed by atoms with Crippen molar-refractivity contribution in [2.24, 2.45) is 5.92 Å². The molecule has 4 nitrogen and oxygen atoms in total. The van der Waals surface area contributed by atoms with Crippen molar-refractivity contribution < 1.29 is 14.3 Å². The molecule has 4 heteroatoms. The van der Waals surface area contributed by atoms with Gasteiger partial charge in [-0.2, -0.15) is 0 Å². The summed E-state index contributed by atoms with van der Waals surface area (Å²) in [5, 5.41) is 3.64. The summed E-state index contributed by atoms with van der Waals surface area (Å²) in [5.74, 6) is 1.88. The molecule has 0 aromatic heterocycles. The van der Waals surface area contributed by atoms with Crippen LogP contribution in [0.4, 0.5) is 0 Å². The van der Waals surface area contributed by atoms with E-state index >= 15 is 0 Å². The molecule has 3 rings (SSSR count). The molecule has 0 radical (unpaired) electrons. The molecule has 0 bridgehead atoms. The average molecular weight is 325 g/mol. The van der Waals surface area contributed by atoms with Gasteiger partial charge in [-0.3, -0.25) is 4.79 Å². The van der Waals surface area contributed by atoms with E-state index < -0.39 is 0 Å². The van der Waals surface area contributed by atoms with E-state index in [0.29, 0.717) is 6.42 Å². The van der Waals surface area contributed by atoms with E-state index in [4.69, 9.17) is 9.47 Å². The van der Waals surface area contributed by atoms with Gasteiger partial charge in [0.1, 0.15) is 17.3 Å². The Kier molecular flexibility index (Phi) is 4.86. The van der Waals surface area contributed by atoms with Crippen LogP contribution >= 0.6 is 0 Å². The summed E-state index contributed by atoms with van der Waals surface area (Å²) in [4.78, 5) is 12.5. The number of methoxy groups -OCH3 is 2. The molecule has 1 heterocycles. The lowest BCUT2D eigenvalue weighted by Gasteiger charge is -2.35. The van der Waals surface area contributed by atoms with Crippen LogP contribution in [-0.4, -0.2) is 20.0 Å². The van der Waals surface area contributed by atoms with Gasteiger partial charge in [0, 0.05) is 24.4 Å². The average Bonchev–Trinajstić information content (AvgIpc) is 2.64. The number of carbonyl (C=O) groups is 1. The number of hydrogen-bond donors (Lipinski definition) is 1. The molecule has 0 aliphatic carbocycles. The number of piperidine rings is 1. The first-order valence-corrected chi connectivity index (χ1v) is 8.19. The Morgan fingerprint density at radius 3 is 1.88 bits per heavy atom. The van der Waals surface area contributed by atoms with Crippen LogP contribution in [-0.2, 0) is 4.79 Å². The number of ketones is 1. The first-order valence-electron chi connectivity index (χ1n) is 8.19. The number of Topliss-reactive ketones (excluding diaryl/α,β-unsaturated/α-hetero) is 1. The molecule has 1 aliphatic heterocycles. The quantitative estimate of drug-likeness (QED) is 0.931.